The highest BCUT2D eigenvalue weighted by Gasteiger charge is 1.99. The summed E-state index contributed by atoms with van der Waals surface area (Å²) in [5.74, 6) is 0. The van der Waals surface area contributed by atoms with Crippen LogP contribution in [-0.2, 0) is 4.84 Å². The van der Waals surface area contributed by atoms with Gasteiger partial charge in [0.25, 0.3) is 5.09 Å². The molecule has 0 saturated carbocycles. The second-order valence-electron chi connectivity index (χ2n) is 2.08. The molecule has 0 fully saturated rings. The Hall–Kier alpha value is -0.840. The van der Waals surface area contributed by atoms with E-state index in [1.165, 1.54) is 0 Å². The van der Waals surface area contributed by atoms with Crippen LogP contribution in [0.4, 0.5) is 0 Å². The monoisotopic (exact) mass is 162 g/mol. The van der Waals surface area contributed by atoms with Crippen LogP contribution < -0.4 is 0 Å². The molecule has 0 saturated heterocycles. The number of likely N-dealkylation sites (N-methyl/N-ethyl adjacent to an activating group) is 1. The average Bonchev–Trinajstić information content (AvgIpc) is 1.98. The first-order valence-corrected chi connectivity index (χ1v) is 3.70. The molecule has 0 heterocycles. The van der Waals surface area contributed by atoms with Crippen LogP contribution in [-0.4, -0.2) is 36.2 Å². The van der Waals surface area contributed by atoms with Crippen molar-refractivity contribution in [3.05, 3.63) is 10.1 Å². The van der Waals surface area contributed by atoms with Crippen LogP contribution in [0.2, 0.25) is 0 Å². The van der Waals surface area contributed by atoms with Crippen molar-refractivity contribution in [3.63, 3.8) is 0 Å². The van der Waals surface area contributed by atoms with E-state index in [2.05, 4.69) is 9.74 Å². The highest BCUT2D eigenvalue weighted by molar-refractivity contribution is 4.48. The smallest absolute Gasteiger partial charge is 0.294 e. The van der Waals surface area contributed by atoms with E-state index in [-0.39, 0.29) is 6.61 Å². The lowest BCUT2D eigenvalue weighted by atomic mass is 10.5. The maximum Gasteiger partial charge on any atom is 0.294 e. The normalized spacial score (nSPS) is 10.1. The standard InChI is InChI=1S/C6H14N2O3/c1-3-7(4-2)5-6-11-8(9)10/h3-6H2,1-2H3. The van der Waals surface area contributed by atoms with Crippen LogP contribution in [0.25, 0.3) is 0 Å². The first-order valence-electron chi connectivity index (χ1n) is 3.70. The van der Waals surface area contributed by atoms with Crippen molar-refractivity contribution in [3.8, 4) is 0 Å². The summed E-state index contributed by atoms with van der Waals surface area (Å²) in [6.45, 7) is 6.60. The summed E-state index contributed by atoms with van der Waals surface area (Å²) in [6, 6.07) is 0. The fraction of sp³-hybridized carbons (Fsp3) is 1.00. The summed E-state index contributed by atoms with van der Waals surface area (Å²) in [5.41, 5.74) is 0. The molecule has 0 spiro atoms. The Bertz CT molecular complexity index is 114. The highest BCUT2D eigenvalue weighted by Crippen LogP contribution is 1.86. The zero-order valence-corrected chi connectivity index (χ0v) is 6.95. The Morgan fingerprint density at radius 1 is 1.45 bits per heavy atom. The zero-order chi connectivity index (χ0) is 8.69. The molecule has 5 heteroatoms. The molecular weight excluding hydrogens is 148 g/mol. The van der Waals surface area contributed by atoms with Crippen LogP contribution in [0.3, 0.4) is 0 Å². The third kappa shape index (κ3) is 5.60. The Balaban J connectivity index is 3.28. The lowest BCUT2D eigenvalue weighted by molar-refractivity contribution is -0.757. The zero-order valence-electron chi connectivity index (χ0n) is 6.95. The third-order valence-electron chi connectivity index (χ3n) is 1.50. The van der Waals surface area contributed by atoms with E-state index < -0.39 is 5.09 Å². The SMILES string of the molecule is CCN(CC)CCO[N+](=O)[O-]. The fourth-order valence-corrected chi connectivity index (χ4v) is 0.784. The first kappa shape index (κ1) is 10.2. The largest absolute Gasteiger partial charge is 0.313 e. The van der Waals surface area contributed by atoms with E-state index >= 15 is 0 Å². The molecular formula is C6H14N2O3. The number of rotatable bonds is 6. The summed E-state index contributed by atoms with van der Waals surface area (Å²) in [6.07, 6.45) is 0. The van der Waals surface area contributed by atoms with Gasteiger partial charge in [0.2, 0.25) is 0 Å². The molecule has 5 nitrogen and oxygen atoms in total. The molecule has 0 atom stereocenters. The van der Waals surface area contributed by atoms with Crippen LogP contribution in [0.1, 0.15) is 13.8 Å². The van der Waals surface area contributed by atoms with Gasteiger partial charge in [0, 0.05) is 6.54 Å². The van der Waals surface area contributed by atoms with Crippen molar-refractivity contribution in [2.45, 2.75) is 13.8 Å². The molecule has 11 heavy (non-hydrogen) atoms. The van der Waals surface area contributed by atoms with Gasteiger partial charge in [-0.3, -0.25) is 0 Å². The van der Waals surface area contributed by atoms with Crippen molar-refractivity contribution in [1.29, 1.82) is 0 Å². The summed E-state index contributed by atoms with van der Waals surface area (Å²) in [7, 11) is 0. The van der Waals surface area contributed by atoms with Gasteiger partial charge < -0.3 is 9.74 Å². The number of hydrogen-bond acceptors (Lipinski definition) is 4. The Morgan fingerprint density at radius 3 is 2.36 bits per heavy atom. The minimum atomic E-state index is -0.760. The third-order valence-corrected chi connectivity index (χ3v) is 1.50. The minimum absolute atomic E-state index is 0.161. The molecule has 0 rings (SSSR count). The van der Waals surface area contributed by atoms with E-state index in [0.29, 0.717) is 6.54 Å². The molecule has 0 amide bonds. The predicted molar refractivity (Wildman–Crippen MR) is 40.7 cm³/mol. The highest BCUT2D eigenvalue weighted by atomic mass is 16.9. The molecule has 0 aromatic carbocycles. The molecule has 66 valence electrons. The van der Waals surface area contributed by atoms with E-state index in [0.717, 1.165) is 13.1 Å². The second kappa shape index (κ2) is 5.91. The van der Waals surface area contributed by atoms with E-state index in [1.807, 2.05) is 13.8 Å². The number of hydrogen-bond donors (Lipinski definition) is 0. The Labute approximate surface area is 66.0 Å². The summed E-state index contributed by atoms with van der Waals surface area (Å²) < 4.78 is 0. The van der Waals surface area contributed by atoms with Crippen molar-refractivity contribution < 1.29 is 9.92 Å². The molecule has 0 aromatic rings. The van der Waals surface area contributed by atoms with Gasteiger partial charge >= 0.3 is 0 Å². The Kier molecular flexibility index (Phi) is 5.46. The van der Waals surface area contributed by atoms with Gasteiger partial charge in [-0.25, -0.2) is 0 Å². The van der Waals surface area contributed by atoms with Crippen molar-refractivity contribution in [1.82, 2.24) is 4.90 Å². The quantitative estimate of drug-likeness (QED) is 0.422. The number of nitrogens with zero attached hydrogens (tertiary/aromatic N) is 2. The molecule has 0 radical (unpaired) electrons. The summed E-state index contributed by atoms with van der Waals surface area (Å²) >= 11 is 0. The molecule has 0 N–H and O–H groups in total. The van der Waals surface area contributed by atoms with E-state index in [1.54, 1.807) is 0 Å². The van der Waals surface area contributed by atoms with Gasteiger partial charge in [-0.1, -0.05) is 13.8 Å². The maximum atomic E-state index is 9.72. The van der Waals surface area contributed by atoms with Crippen LogP contribution in [0, 0.1) is 10.1 Å². The van der Waals surface area contributed by atoms with E-state index in [9.17, 15) is 10.1 Å². The van der Waals surface area contributed by atoms with Gasteiger partial charge in [0.15, 0.2) is 0 Å². The van der Waals surface area contributed by atoms with Crippen molar-refractivity contribution in [2.75, 3.05) is 26.2 Å². The van der Waals surface area contributed by atoms with Gasteiger partial charge in [0.1, 0.15) is 6.61 Å². The molecule has 0 bridgehead atoms. The van der Waals surface area contributed by atoms with Crippen LogP contribution in [0.5, 0.6) is 0 Å². The van der Waals surface area contributed by atoms with E-state index in [4.69, 9.17) is 0 Å². The first-order chi connectivity index (χ1) is 5.20. The molecule has 0 aromatic heterocycles. The van der Waals surface area contributed by atoms with Crippen LogP contribution >= 0.6 is 0 Å². The second-order valence-corrected chi connectivity index (χ2v) is 2.08. The summed E-state index contributed by atoms with van der Waals surface area (Å²) in [5, 5.41) is 8.96. The molecule has 0 aliphatic carbocycles. The molecule has 0 aliphatic heterocycles. The summed E-state index contributed by atoms with van der Waals surface area (Å²) in [4.78, 5) is 15.9. The lowest BCUT2D eigenvalue weighted by Gasteiger charge is -2.16. The molecule has 0 unspecified atom stereocenters. The van der Waals surface area contributed by atoms with Gasteiger partial charge in [-0.05, 0) is 13.1 Å². The topological polar surface area (TPSA) is 55.6 Å². The minimum Gasteiger partial charge on any atom is -0.313 e. The predicted octanol–water partition coefficient (Wildman–Crippen LogP) is 0.537. The fourth-order valence-electron chi connectivity index (χ4n) is 0.784. The molecule has 0 aliphatic rings. The van der Waals surface area contributed by atoms with Crippen LogP contribution in [0.15, 0.2) is 0 Å². The van der Waals surface area contributed by atoms with Gasteiger partial charge in [-0.2, -0.15) is 0 Å². The Morgan fingerprint density at radius 2 is 2.00 bits per heavy atom. The van der Waals surface area contributed by atoms with Crippen molar-refractivity contribution >= 4 is 0 Å². The van der Waals surface area contributed by atoms with Gasteiger partial charge in [0.05, 0.1) is 0 Å². The lowest BCUT2D eigenvalue weighted by Crippen LogP contribution is -2.27. The maximum absolute atomic E-state index is 9.72. The average molecular weight is 162 g/mol. The van der Waals surface area contributed by atoms with Gasteiger partial charge in [-0.15, -0.1) is 10.1 Å². The van der Waals surface area contributed by atoms with Crippen molar-refractivity contribution in [2.24, 2.45) is 0 Å².